The second kappa shape index (κ2) is 16.3. The highest BCUT2D eigenvalue weighted by molar-refractivity contribution is 7.26. The maximum absolute atomic E-state index is 11.2. The van der Waals surface area contributed by atoms with Gasteiger partial charge in [0.05, 0.1) is 16.7 Å². The molecular formula is C63H40N4O5S. The van der Waals surface area contributed by atoms with Gasteiger partial charge in [0, 0.05) is 48.0 Å². The van der Waals surface area contributed by atoms with Crippen LogP contribution in [-0.4, -0.2) is 45.1 Å². The van der Waals surface area contributed by atoms with E-state index < -0.39 is 40.2 Å². The lowest BCUT2D eigenvalue weighted by molar-refractivity contribution is 0.329. The van der Waals surface area contributed by atoms with Crippen molar-refractivity contribution >= 4 is 91.2 Å². The molecule has 1 aliphatic rings. The van der Waals surface area contributed by atoms with Crippen LogP contribution in [0.25, 0.3) is 119 Å². The zero-order chi connectivity index (χ0) is 49.1. The Kier molecular flexibility index (Phi) is 9.45. The van der Waals surface area contributed by atoms with E-state index in [4.69, 9.17) is 15.0 Å². The van der Waals surface area contributed by atoms with Gasteiger partial charge in [0.15, 0.2) is 23.1 Å². The number of thiophene rings is 1. The van der Waals surface area contributed by atoms with Gasteiger partial charge < -0.3 is 30.1 Å². The molecule has 0 fully saturated rings. The summed E-state index contributed by atoms with van der Waals surface area (Å²) in [6, 6.07) is 62.0. The van der Waals surface area contributed by atoms with E-state index in [0.717, 1.165) is 59.2 Å². The predicted molar refractivity (Wildman–Crippen MR) is 295 cm³/mol. The molecule has 0 saturated heterocycles. The molecule has 0 spiro atoms. The van der Waals surface area contributed by atoms with E-state index in [9.17, 15) is 25.5 Å². The summed E-state index contributed by atoms with van der Waals surface area (Å²) in [5.74, 6) is -4.88. The number of phenols is 5. The maximum atomic E-state index is 11.2. The van der Waals surface area contributed by atoms with Gasteiger partial charge in [-0.1, -0.05) is 152 Å². The van der Waals surface area contributed by atoms with Crippen molar-refractivity contribution in [2.24, 2.45) is 0 Å². The molecule has 5 N–H and O–H groups in total. The quantitative estimate of drug-likeness (QED) is 0.0629. The number of aromatic nitrogens is 4. The topological polar surface area (TPSA) is 145 Å². The molecule has 0 saturated carbocycles. The molecule has 1 aliphatic carbocycles. The van der Waals surface area contributed by atoms with Crippen LogP contribution in [0.3, 0.4) is 0 Å². The molecule has 0 aliphatic heterocycles. The monoisotopic (exact) mass is 964 g/mol. The molecule has 348 valence electrons. The Bertz CT molecular complexity index is 4490. The highest BCUT2D eigenvalue weighted by Crippen LogP contribution is 2.55. The van der Waals surface area contributed by atoms with Gasteiger partial charge in [-0.05, 0) is 97.9 Å². The van der Waals surface area contributed by atoms with Gasteiger partial charge in [0.25, 0.3) is 0 Å². The summed E-state index contributed by atoms with van der Waals surface area (Å²) in [6.45, 7) is 0. The minimum atomic E-state index is -1.07. The van der Waals surface area contributed by atoms with Crippen LogP contribution in [0.4, 0.5) is 0 Å². The number of nitrogens with zero attached hydrogens (tertiary/aromatic N) is 4. The lowest BCUT2D eigenvalue weighted by Crippen LogP contribution is -2.09. The minimum Gasteiger partial charge on any atom is -0.504 e. The van der Waals surface area contributed by atoms with Crippen molar-refractivity contribution in [2.45, 2.75) is 12.3 Å². The first-order chi connectivity index (χ1) is 35.8. The average molecular weight is 965 g/mol. The van der Waals surface area contributed by atoms with Crippen LogP contribution in [0.15, 0.2) is 194 Å². The molecule has 9 nitrogen and oxygen atoms in total. The standard InChI is InChI=1S/C63H40N4O5S/c68-55-54(56(69)58(71)59(72)57(55)70)63-65-61(64-62(66-63)46-26-13-25-45-44-24-7-10-29-53(44)73-60(45)46)37-17-12-15-35(31-37)34-14-11-16-36(30-34)47-32-48-40-20-3-1-18-38(40)39-19-2-4-21-41(39)49(48)33-52(47)67-50-27-8-5-22-42(50)43-23-6-9-28-51(43)67/h1-30,32-33,37,68-72H,31H2. The van der Waals surface area contributed by atoms with Crippen molar-refractivity contribution in [1.29, 1.82) is 0 Å². The van der Waals surface area contributed by atoms with Crippen molar-refractivity contribution in [3.63, 3.8) is 0 Å². The molecule has 3 aromatic heterocycles. The molecule has 10 aromatic carbocycles. The van der Waals surface area contributed by atoms with Crippen LogP contribution in [-0.2, 0) is 0 Å². The number of hydrogen-bond donors (Lipinski definition) is 5. The Morgan fingerprint density at radius 1 is 0.438 bits per heavy atom. The number of benzene rings is 10. The molecule has 0 amide bonds. The average Bonchev–Trinajstić information content (AvgIpc) is 4.00. The Morgan fingerprint density at radius 3 is 1.66 bits per heavy atom. The second-order valence-electron chi connectivity index (χ2n) is 18.6. The number of hydrogen-bond acceptors (Lipinski definition) is 9. The normalized spacial score (nSPS) is 13.9. The van der Waals surface area contributed by atoms with E-state index in [1.807, 2.05) is 36.4 Å². The SMILES string of the molecule is Oc1c(O)c(O)c(-c2nc(-c3cccc4c3sc3ccccc34)nc(C3C=CC=C(c4cccc(-c5cc6c7ccccc7c7ccccc7c6cc5-n5c6ccccc6c6ccccc65)c4)C3)n2)c(O)c1O. The third-order valence-electron chi connectivity index (χ3n) is 14.5. The summed E-state index contributed by atoms with van der Waals surface area (Å²) < 4.78 is 4.43. The maximum Gasteiger partial charge on any atom is 0.208 e. The summed E-state index contributed by atoms with van der Waals surface area (Å²) in [7, 11) is 0. The Balaban J connectivity index is 0.934. The van der Waals surface area contributed by atoms with Crippen LogP contribution >= 0.6 is 11.3 Å². The molecule has 3 heterocycles. The number of rotatable bonds is 6. The Morgan fingerprint density at radius 2 is 0.973 bits per heavy atom. The summed E-state index contributed by atoms with van der Waals surface area (Å²) >= 11 is 1.60. The predicted octanol–water partition coefficient (Wildman–Crippen LogP) is 15.5. The van der Waals surface area contributed by atoms with Crippen LogP contribution < -0.4 is 0 Å². The van der Waals surface area contributed by atoms with Crippen LogP contribution in [0.2, 0.25) is 0 Å². The zero-order valence-corrected chi connectivity index (χ0v) is 39.5. The first kappa shape index (κ1) is 42.4. The fraction of sp³-hybridized carbons (Fsp3) is 0.0317. The van der Waals surface area contributed by atoms with E-state index >= 15 is 0 Å². The molecule has 0 bridgehead atoms. The van der Waals surface area contributed by atoms with Gasteiger partial charge in [0.1, 0.15) is 11.4 Å². The first-order valence-corrected chi connectivity index (χ1v) is 24.8. The van der Waals surface area contributed by atoms with Crippen molar-refractivity contribution in [3.8, 4) is 68.3 Å². The smallest absolute Gasteiger partial charge is 0.208 e. The van der Waals surface area contributed by atoms with E-state index in [2.05, 4.69) is 162 Å². The van der Waals surface area contributed by atoms with Gasteiger partial charge in [-0.25, -0.2) is 15.0 Å². The molecule has 1 unspecified atom stereocenters. The molecule has 0 radical (unpaired) electrons. The van der Waals surface area contributed by atoms with Crippen LogP contribution in [0, 0.1) is 0 Å². The fourth-order valence-corrected chi connectivity index (χ4v) is 12.3. The third kappa shape index (κ3) is 6.50. The summed E-state index contributed by atoms with van der Waals surface area (Å²) in [5.41, 5.74) is 7.72. The molecular weight excluding hydrogens is 925 g/mol. The van der Waals surface area contributed by atoms with Crippen LogP contribution in [0.1, 0.15) is 23.7 Å². The van der Waals surface area contributed by atoms with Gasteiger partial charge in [-0.15, -0.1) is 11.3 Å². The lowest BCUT2D eigenvalue weighted by Gasteiger charge is -2.21. The van der Waals surface area contributed by atoms with Gasteiger partial charge in [0.2, 0.25) is 17.2 Å². The number of phenolic OH excluding ortho intramolecular Hbond substituents is 5. The highest BCUT2D eigenvalue weighted by atomic mass is 32.1. The van der Waals surface area contributed by atoms with Crippen molar-refractivity contribution < 1.29 is 25.5 Å². The lowest BCUT2D eigenvalue weighted by atomic mass is 9.87. The van der Waals surface area contributed by atoms with E-state index in [1.165, 1.54) is 43.1 Å². The second-order valence-corrected chi connectivity index (χ2v) is 19.6. The minimum absolute atomic E-state index is 0.195. The molecule has 73 heavy (non-hydrogen) atoms. The van der Waals surface area contributed by atoms with Crippen LogP contribution in [0.5, 0.6) is 28.7 Å². The summed E-state index contributed by atoms with van der Waals surface area (Å²) in [5, 5.41) is 65.7. The number of fused-ring (bicyclic) bond motifs is 12. The Labute approximate surface area is 420 Å². The van der Waals surface area contributed by atoms with Gasteiger partial charge in [-0.2, -0.15) is 0 Å². The first-order valence-electron chi connectivity index (χ1n) is 24.0. The summed E-state index contributed by atoms with van der Waals surface area (Å²) in [4.78, 5) is 14.8. The van der Waals surface area contributed by atoms with E-state index in [1.54, 1.807) is 11.3 Å². The zero-order valence-electron chi connectivity index (χ0n) is 38.7. The number of aromatic hydroxyl groups is 5. The molecule has 13 aromatic rings. The van der Waals surface area contributed by atoms with Crippen molar-refractivity contribution in [3.05, 3.63) is 206 Å². The molecule has 1 atom stereocenters. The van der Waals surface area contributed by atoms with Crippen molar-refractivity contribution in [1.82, 2.24) is 19.5 Å². The number of para-hydroxylation sites is 2. The molecule has 14 rings (SSSR count). The summed E-state index contributed by atoms with van der Waals surface area (Å²) in [6.07, 6.45) is 6.60. The van der Waals surface area contributed by atoms with Gasteiger partial charge >= 0.3 is 0 Å². The third-order valence-corrected chi connectivity index (χ3v) is 15.8. The van der Waals surface area contributed by atoms with E-state index in [0.29, 0.717) is 17.8 Å². The van der Waals surface area contributed by atoms with Gasteiger partial charge in [-0.3, -0.25) is 0 Å². The van der Waals surface area contributed by atoms with E-state index in [-0.39, 0.29) is 11.6 Å². The highest BCUT2D eigenvalue weighted by Gasteiger charge is 2.29. The van der Waals surface area contributed by atoms with Crippen molar-refractivity contribution in [2.75, 3.05) is 0 Å². The molecule has 10 heteroatoms. The Hall–Kier alpha value is -9.51. The largest absolute Gasteiger partial charge is 0.504 e. The number of allylic oxidation sites excluding steroid dienone is 4. The fourth-order valence-electron chi connectivity index (χ4n) is 11.1.